The molecule has 0 unspecified atom stereocenters. The van der Waals surface area contributed by atoms with Crippen molar-refractivity contribution in [3.05, 3.63) is 52.5 Å². The van der Waals surface area contributed by atoms with Crippen molar-refractivity contribution in [3.63, 3.8) is 0 Å². The molecule has 2 aromatic rings. The molecule has 1 fully saturated rings. The molecule has 0 radical (unpaired) electrons. The molecule has 0 saturated carbocycles. The van der Waals surface area contributed by atoms with Crippen LogP contribution in [-0.2, 0) is 4.79 Å². The highest BCUT2D eigenvalue weighted by Crippen LogP contribution is 2.16. The second-order valence-electron chi connectivity index (χ2n) is 7.03. The standard InChI is InChI=1S/C21H27FN4O2S/c22-18-3-5-19(6-4-18)26-13-11-25(12-14-26)10-9-23-20(27)2-1-8-24-21(28)17-7-15-29-16-17/h3-7,15-16H,1-2,8-14H2,(H,23,27)(H,24,28). The lowest BCUT2D eigenvalue weighted by atomic mass is 10.2. The van der Waals surface area contributed by atoms with Crippen LogP contribution in [0.3, 0.4) is 0 Å². The summed E-state index contributed by atoms with van der Waals surface area (Å²) in [6.45, 7) is 5.55. The first-order chi connectivity index (χ1) is 14.1. The van der Waals surface area contributed by atoms with Crippen LogP contribution in [0.1, 0.15) is 23.2 Å². The fourth-order valence-electron chi connectivity index (χ4n) is 3.27. The number of amides is 2. The van der Waals surface area contributed by atoms with Crippen LogP contribution < -0.4 is 15.5 Å². The lowest BCUT2D eigenvalue weighted by Crippen LogP contribution is -2.48. The van der Waals surface area contributed by atoms with Gasteiger partial charge in [0.2, 0.25) is 5.91 Å². The van der Waals surface area contributed by atoms with E-state index < -0.39 is 0 Å². The lowest BCUT2D eigenvalue weighted by Gasteiger charge is -2.36. The summed E-state index contributed by atoms with van der Waals surface area (Å²) in [6.07, 6.45) is 1.03. The van der Waals surface area contributed by atoms with Gasteiger partial charge in [0.05, 0.1) is 0 Å². The number of carbonyl (C=O) groups excluding carboxylic acids is 2. The number of anilines is 1. The monoisotopic (exact) mass is 418 g/mol. The summed E-state index contributed by atoms with van der Waals surface area (Å²) >= 11 is 1.49. The first-order valence-corrected chi connectivity index (χ1v) is 10.9. The van der Waals surface area contributed by atoms with Gasteiger partial charge < -0.3 is 15.5 Å². The molecule has 29 heavy (non-hydrogen) atoms. The molecule has 1 aliphatic heterocycles. The molecule has 6 nitrogen and oxygen atoms in total. The number of rotatable bonds is 9. The van der Waals surface area contributed by atoms with Crippen molar-refractivity contribution in [2.75, 3.05) is 50.7 Å². The Hall–Kier alpha value is -2.45. The Balaban J connectivity index is 1.23. The van der Waals surface area contributed by atoms with Crippen molar-refractivity contribution in [3.8, 4) is 0 Å². The summed E-state index contributed by atoms with van der Waals surface area (Å²) in [6, 6.07) is 8.39. The van der Waals surface area contributed by atoms with Gasteiger partial charge in [0.25, 0.3) is 5.91 Å². The van der Waals surface area contributed by atoms with Crippen LogP contribution in [0.15, 0.2) is 41.1 Å². The summed E-state index contributed by atoms with van der Waals surface area (Å²) in [5.41, 5.74) is 1.71. The molecule has 3 rings (SSSR count). The SMILES string of the molecule is O=C(CCCNC(=O)c1ccsc1)NCCN1CCN(c2ccc(F)cc2)CC1. The number of benzene rings is 1. The fraction of sp³-hybridized carbons (Fsp3) is 0.429. The predicted octanol–water partition coefficient (Wildman–Crippen LogP) is 2.34. The number of nitrogens with one attached hydrogen (secondary N) is 2. The minimum absolute atomic E-state index is 0.0136. The van der Waals surface area contributed by atoms with Crippen LogP contribution in [0, 0.1) is 5.82 Å². The Kier molecular flexibility index (Phi) is 8.01. The third kappa shape index (κ3) is 6.83. The molecule has 1 aliphatic rings. The van der Waals surface area contributed by atoms with E-state index in [4.69, 9.17) is 0 Å². The van der Waals surface area contributed by atoms with E-state index in [1.165, 1.54) is 23.5 Å². The Labute approximate surface area is 174 Å². The minimum atomic E-state index is -0.215. The van der Waals surface area contributed by atoms with Gasteiger partial charge >= 0.3 is 0 Å². The number of nitrogens with zero attached hydrogens (tertiary/aromatic N) is 2. The Morgan fingerprint density at radius 1 is 1.00 bits per heavy atom. The molecular formula is C21H27FN4O2S. The zero-order chi connectivity index (χ0) is 20.5. The molecular weight excluding hydrogens is 391 g/mol. The quantitative estimate of drug-likeness (QED) is 0.614. The van der Waals surface area contributed by atoms with Gasteiger partial charge in [-0.25, -0.2) is 4.39 Å². The number of hydrogen-bond acceptors (Lipinski definition) is 5. The van der Waals surface area contributed by atoms with E-state index in [-0.39, 0.29) is 17.6 Å². The molecule has 1 saturated heterocycles. The topological polar surface area (TPSA) is 64.7 Å². The zero-order valence-electron chi connectivity index (χ0n) is 16.4. The van der Waals surface area contributed by atoms with E-state index >= 15 is 0 Å². The maximum Gasteiger partial charge on any atom is 0.252 e. The largest absolute Gasteiger partial charge is 0.369 e. The van der Waals surface area contributed by atoms with Crippen molar-refractivity contribution in [1.82, 2.24) is 15.5 Å². The Morgan fingerprint density at radius 3 is 2.45 bits per heavy atom. The van der Waals surface area contributed by atoms with Gasteiger partial charge in [0.15, 0.2) is 0 Å². The number of halogens is 1. The number of hydrogen-bond donors (Lipinski definition) is 2. The van der Waals surface area contributed by atoms with Gasteiger partial charge in [-0.1, -0.05) is 0 Å². The molecule has 0 aliphatic carbocycles. The fourth-order valence-corrected chi connectivity index (χ4v) is 3.91. The zero-order valence-corrected chi connectivity index (χ0v) is 17.2. The molecule has 2 heterocycles. The normalized spacial score (nSPS) is 14.6. The average Bonchev–Trinajstić information content (AvgIpc) is 3.27. The Bertz CT molecular complexity index is 774. The summed E-state index contributed by atoms with van der Waals surface area (Å²) in [4.78, 5) is 28.3. The molecule has 2 amide bonds. The van der Waals surface area contributed by atoms with Crippen LogP contribution in [0.25, 0.3) is 0 Å². The lowest BCUT2D eigenvalue weighted by molar-refractivity contribution is -0.121. The van der Waals surface area contributed by atoms with E-state index in [2.05, 4.69) is 20.4 Å². The summed E-state index contributed by atoms with van der Waals surface area (Å²) in [7, 11) is 0. The van der Waals surface area contributed by atoms with E-state index in [9.17, 15) is 14.0 Å². The van der Waals surface area contributed by atoms with Gasteiger partial charge in [0, 0.05) is 68.9 Å². The van der Waals surface area contributed by atoms with E-state index in [1.807, 2.05) is 22.9 Å². The molecule has 156 valence electrons. The molecule has 1 aromatic heterocycles. The van der Waals surface area contributed by atoms with E-state index in [1.54, 1.807) is 6.07 Å². The number of piperazine rings is 1. The van der Waals surface area contributed by atoms with Crippen LogP contribution in [-0.4, -0.2) is 62.5 Å². The van der Waals surface area contributed by atoms with E-state index in [0.717, 1.165) is 38.4 Å². The van der Waals surface area contributed by atoms with Crippen molar-refractivity contribution in [1.29, 1.82) is 0 Å². The third-order valence-electron chi connectivity index (χ3n) is 4.96. The molecule has 8 heteroatoms. The average molecular weight is 419 g/mol. The molecule has 0 atom stereocenters. The van der Waals surface area contributed by atoms with Crippen LogP contribution >= 0.6 is 11.3 Å². The Morgan fingerprint density at radius 2 is 1.76 bits per heavy atom. The van der Waals surface area contributed by atoms with Crippen LogP contribution in [0.2, 0.25) is 0 Å². The molecule has 2 N–H and O–H groups in total. The van der Waals surface area contributed by atoms with Gasteiger partial charge in [-0.2, -0.15) is 11.3 Å². The summed E-state index contributed by atoms with van der Waals surface area (Å²) < 4.78 is 13.0. The maximum atomic E-state index is 13.0. The highest BCUT2D eigenvalue weighted by Gasteiger charge is 2.17. The first kappa shape index (κ1) is 21.3. The van der Waals surface area contributed by atoms with Gasteiger partial charge in [0.1, 0.15) is 5.82 Å². The predicted molar refractivity (Wildman–Crippen MR) is 114 cm³/mol. The molecule has 0 bridgehead atoms. The maximum absolute atomic E-state index is 13.0. The summed E-state index contributed by atoms with van der Waals surface area (Å²) in [5.74, 6) is -0.292. The second-order valence-corrected chi connectivity index (χ2v) is 7.81. The molecule has 0 spiro atoms. The highest BCUT2D eigenvalue weighted by atomic mass is 32.1. The van der Waals surface area contributed by atoms with Crippen LogP contribution in [0.4, 0.5) is 10.1 Å². The van der Waals surface area contributed by atoms with Gasteiger partial charge in [-0.15, -0.1) is 0 Å². The molecule has 1 aromatic carbocycles. The van der Waals surface area contributed by atoms with E-state index in [0.29, 0.717) is 31.5 Å². The van der Waals surface area contributed by atoms with Crippen LogP contribution in [0.5, 0.6) is 0 Å². The van der Waals surface area contributed by atoms with Crippen molar-refractivity contribution in [2.24, 2.45) is 0 Å². The van der Waals surface area contributed by atoms with Crippen molar-refractivity contribution in [2.45, 2.75) is 12.8 Å². The highest BCUT2D eigenvalue weighted by molar-refractivity contribution is 7.08. The van der Waals surface area contributed by atoms with Gasteiger partial charge in [-0.3, -0.25) is 14.5 Å². The van der Waals surface area contributed by atoms with Crippen molar-refractivity contribution >= 4 is 28.8 Å². The smallest absolute Gasteiger partial charge is 0.252 e. The van der Waals surface area contributed by atoms with Gasteiger partial charge in [-0.05, 0) is 42.1 Å². The van der Waals surface area contributed by atoms with Crippen molar-refractivity contribution < 1.29 is 14.0 Å². The number of carbonyl (C=O) groups is 2. The number of thiophene rings is 1. The first-order valence-electron chi connectivity index (χ1n) is 9.92. The second kappa shape index (κ2) is 10.9. The summed E-state index contributed by atoms with van der Waals surface area (Å²) in [5, 5.41) is 9.44. The third-order valence-corrected chi connectivity index (χ3v) is 5.65. The minimum Gasteiger partial charge on any atom is -0.369 e.